The van der Waals surface area contributed by atoms with Gasteiger partial charge in [0.05, 0.1) is 5.75 Å². The number of rotatable bonds is 17. The summed E-state index contributed by atoms with van der Waals surface area (Å²) in [4.78, 5) is 41.3. The molecule has 0 saturated carbocycles. The average Bonchev–Trinajstić information content (AvgIpc) is 3.24. The minimum atomic E-state index is -3.52. The van der Waals surface area contributed by atoms with Crippen LogP contribution < -0.4 is 21.7 Å². The van der Waals surface area contributed by atoms with Crippen molar-refractivity contribution in [2.75, 3.05) is 30.8 Å². The number of hydrogen-bond acceptors (Lipinski definition) is 6. The summed E-state index contributed by atoms with van der Waals surface area (Å²) in [5, 5.41) is 2.96. The first kappa shape index (κ1) is 34.5. The van der Waals surface area contributed by atoms with E-state index in [1.165, 1.54) is 28.5 Å². The van der Waals surface area contributed by atoms with Gasteiger partial charge in [-0.15, -0.1) is 0 Å². The lowest BCUT2D eigenvalue weighted by molar-refractivity contribution is -0.125. The number of primary amides is 2. The first-order chi connectivity index (χ1) is 20.3. The summed E-state index contributed by atoms with van der Waals surface area (Å²) in [5.74, 6) is 0.374. The Morgan fingerprint density at radius 3 is 2.00 bits per heavy atom. The molecule has 2 aliphatic rings. The van der Waals surface area contributed by atoms with Crippen LogP contribution in [-0.2, 0) is 26.0 Å². The highest BCUT2D eigenvalue weighted by molar-refractivity contribution is 7.89. The second-order valence-electron chi connectivity index (χ2n) is 12.1. The summed E-state index contributed by atoms with van der Waals surface area (Å²) in [7, 11) is -1.92. The van der Waals surface area contributed by atoms with Crippen molar-refractivity contribution in [3.63, 3.8) is 0 Å². The maximum atomic E-state index is 13.2. The Kier molecular flexibility index (Phi) is 12.6. The number of piperidine rings is 1. The molecule has 0 radical (unpaired) electrons. The molecule has 11 nitrogen and oxygen atoms in total. The zero-order valence-electron chi connectivity index (χ0n) is 26.1. The van der Waals surface area contributed by atoms with Crippen LogP contribution >= 0.6 is 0 Å². The SMILES string of the molecule is Cc1cc(N(C)C(N)=O)cc(C)c1CCS(=O)(=O)N1CCC2(CC1)N=C(CCCCCCCCCCCC(N)=O)NC2=O. The molecule has 2 heterocycles. The second-order valence-corrected chi connectivity index (χ2v) is 14.2. The quantitative estimate of drug-likeness (QED) is 0.225. The van der Waals surface area contributed by atoms with E-state index in [9.17, 15) is 22.8 Å². The van der Waals surface area contributed by atoms with Crippen molar-refractivity contribution >= 4 is 39.4 Å². The Morgan fingerprint density at radius 1 is 0.930 bits per heavy atom. The molecule has 1 aromatic rings. The predicted octanol–water partition coefficient (Wildman–Crippen LogP) is 3.83. The number of benzene rings is 1. The molecular weight excluding hydrogens is 568 g/mol. The molecule has 3 rings (SSSR count). The van der Waals surface area contributed by atoms with E-state index in [0.29, 0.717) is 31.4 Å². The van der Waals surface area contributed by atoms with Gasteiger partial charge in [-0.25, -0.2) is 17.5 Å². The van der Waals surface area contributed by atoms with Crippen molar-refractivity contribution < 1.29 is 22.8 Å². The number of carbonyl (C=O) groups excluding carboxylic acids is 3. The molecule has 12 heteroatoms. The van der Waals surface area contributed by atoms with Gasteiger partial charge in [0.25, 0.3) is 5.91 Å². The number of sulfonamides is 1. The number of nitrogens with one attached hydrogen (secondary N) is 1. The molecule has 1 spiro atoms. The van der Waals surface area contributed by atoms with Crippen LogP contribution in [0.15, 0.2) is 17.1 Å². The van der Waals surface area contributed by atoms with Crippen LogP contribution in [0.3, 0.4) is 0 Å². The van der Waals surface area contributed by atoms with Crippen molar-refractivity contribution in [1.82, 2.24) is 9.62 Å². The third-order valence-corrected chi connectivity index (χ3v) is 10.7. The summed E-state index contributed by atoms with van der Waals surface area (Å²) < 4.78 is 28.0. The van der Waals surface area contributed by atoms with Crippen molar-refractivity contribution in [2.45, 2.75) is 109 Å². The molecule has 4 amide bonds. The van der Waals surface area contributed by atoms with Gasteiger partial charge in [-0.3, -0.25) is 19.5 Å². The standard InChI is InChI=1S/C31H50N6O5S/c1-23-21-25(36(3)30(33)40)22-24(2)26(23)15-20-43(41,42)37-18-16-31(17-19-37)29(39)34-28(35-31)14-12-10-8-6-4-5-7-9-11-13-27(32)38/h21-22H,4-20H2,1-3H3,(H2,32,38)(H2,33,40)(H,34,35,39). The Balaban J connectivity index is 1.41. The third-order valence-electron chi connectivity index (χ3n) is 8.82. The van der Waals surface area contributed by atoms with Crippen LogP contribution in [0.5, 0.6) is 0 Å². The van der Waals surface area contributed by atoms with Gasteiger partial charge in [0.2, 0.25) is 15.9 Å². The highest BCUT2D eigenvalue weighted by Crippen LogP contribution is 2.32. The minimum absolute atomic E-state index is 0.0251. The van der Waals surface area contributed by atoms with Crippen molar-refractivity contribution in [2.24, 2.45) is 16.5 Å². The Bertz CT molecular complexity index is 1260. The summed E-state index contributed by atoms with van der Waals surface area (Å²) in [6.45, 7) is 4.36. The predicted molar refractivity (Wildman–Crippen MR) is 170 cm³/mol. The molecule has 0 unspecified atom stereocenters. The number of urea groups is 1. The van der Waals surface area contributed by atoms with E-state index >= 15 is 0 Å². The fourth-order valence-electron chi connectivity index (χ4n) is 6.05. The fourth-order valence-corrected chi connectivity index (χ4v) is 7.51. The number of anilines is 1. The van der Waals surface area contributed by atoms with Gasteiger partial charge >= 0.3 is 6.03 Å². The molecule has 43 heavy (non-hydrogen) atoms. The van der Waals surface area contributed by atoms with E-state index in [1.807, 2.05) is 26.0 Å². The monoisotopic (exact) mass is 618 g/mol. The molecule has 0 bridgehead atoms. The maximum absolute atomic E-state index is 13.2. The average molecular weight is 619 g/mol. The number of aryl methyl sites for hydroxylation is 2. The first-order valence-electron chi connectivity index (χ1n) is 15.6. The Morgan fingerprint density at radius 2 is 1.47 bits per heavy atom. The van der Waals surface area contributed by atoms with Crippen molar-refractivity contribution in [1.29, 1.82) is 0 Å². The van der Waals surface area contributed by atoms with Gasteiger partial charge in [-0.05, 0) is 74.8 Å². The number of nitrogens with two attached hydrogens (primary N) is 2. The normalized spacial score (nSPS) is 16.7. The van der Waals surface area contributed by atoms with Crippen LogP contribution in [0, 0.1) is 13.8 Å². The zero-order chi connectivity index (χ0) is 31.6. The van der Waals surface area contributed by atoms with Gasteiger partial charge < -0.3 is 16.8 Å². The van der Waals surface area contributed by atoms with Gasteiger partial charge in [-0.2, -0.15) is 0 Å². The Hall–Kier alpha value is -2.99. The summed E-state index contributed by atoms with van der Waals surface area (Å²) in [5.41, 5.74) is 13.1. The molecule has 0 aliphatic carbocycles. The Labute approximate surface area is 256 Å². The number of amides is 4. The topological polar surface area (TPSA) is 168 Å². The molecule has 0 aromatic heterocycles. The fraction of sp³-hybridized carbons (Fsp3) is 0.677. The van der Waals surface area contributed by atoms with Gasteiger partial charge in [0, 0.05) is 38.7 Å². The van der Waals surface area contributed by atoms with Crippen LogP contribution in [0.4, 0.5) is 10.5 Å². The number of aliphatic imine (C=N–C) groups is 1. The molecule has 0 atom stereocenters. The molecular formula is C31H50N6O5S. The highest BCUT2D eigenvalue weighted by atomic mass is 32.2. The summed E-state index contributed by atoms with van der Waals surface area (Å²) >= 11 is 0. The van der Waals surface area contributed by atoms with Crippen LogP contribution in [0.1, 0.15) is 100 Å². The smallest absolute Gasteiger partial charge is 0.318 e. The van der Waals surface area contributed by atoms with E-state index in [1.54, 1.807) is 7.05 Å². The number of carbonyl (C=O) groups is 3. The summed E-state index contributed by atoms with van der Waals surface area (Å²) in [6, 6.07) is 3.13. The van der Waals surface area contributed by atoms with E-state index in [0.717, 1.165) is 67.5 Å². The molecule has 240 valence electrons. The van der Waals surface area contributed by atoms with Gasteiger partial charge in [0.15, 0.2) is 0 Å². The van der Waals surface area contributed by atoms with Crippen LogP contribution in [-0.4, -0.2) is 67.8 Å². The molecule has 1 aromatic carbocycles. The van der Waals surface area contributed by atoms with E-state index in [2.05, 4.69) is 5.32 Å². The second kappa shape index (κ2) is 15.7. The van der Waals surface area contributed by atoms with Gasteiger partial charge in [0.1, 0.15) is 11.4 Å². The maximum Gasteiger partial charge on any atom is 0.318 e. The first-order valence-corrected chi connectivity index (χ1v) is 17.3. The van der Waals surface area contributed by atoms with Crippen molar-refractivity contribution in [3.8, 4) is 0 Å². The highest BCUT2D eigenvalue weighted by Gasteiger charge is 2.47. The lowest BCUT2D eigenvalue weighted by Gasteiger charge is -2.34. The number of nitrogens with zero attached hydrogens (tertiary/aromatic N) is 3. The number of amidine groups is 1. The van der Waals surface area contributed by atoms with Gasteiger partial charge in [-0.1, -0.05) is 44.9 Å². The van der Waals surface area contributed by atoms with Crippen molar-refractivity contribution in [3.05, 3.63) is 28.8 Å². The molecule has 5 N–H and O–H groups in total. The van der Waals surface area contributed by atoms with E-state index < -0.39 is 21.6 Å². The third kappa shape index (κ3) is 9.76. The molecule has 1 saturated heterocycles. The minimum Gasteiger partial charge on any atom is -0.370 e. The number of hydrogen-bond donors (Lipinski definition) is 3. The van der Waals surface area contributed by atoms with Crippen LogP contribution in [0.25, 0.3) is 0 Å². The molecule has 2 aliphatic heterocycles. The number of unbranched alkanes of at least 4 members (excludes halogenated alkanes) is 8. The zero-order valence-corrected chi connectivity index (χ0v) is 26.9. The van der Waals surface area contributed by atoms with E-state index in [-0.39, 0.29) is 30.7 Å². The lowest BCUT2D eigenvalue weighted by atomic mass is 9.89. The van der Waals surface area contributed by atoms with E-state index in [4.69, 9.17) is 16.5 Å². The lowest BCUT2D eigenvalue weighted by Crippen LogP contribution is -2.50. The summed E-state index contributed by atoms with van der Waals surface area (Å²) in [6.07, 6.45) is 12.2. The largest absolute Gasteiger partial charge is 0.370 e. The van der Waals surface area contributed by atoms with Crippen LogP contribution in [0.2, 0.25) is 0 Å². The molecule has 1 fully saturated rings.